The first-order chi connectivity index (χ1) is 9.22. The van der Waals surface area contributed by atoms with Crippen molar-refractivity contribution in [3.8, 4) is 0 Å². The van der Waals surface area contributed by atoms with Crippen LogP contribution in [-0.4, -0.2) is 32.3 Å². The Morgan fingerprint density at radius 1 is 1.37 bits per heavy atom. The zero-order valence-electron chi connectivity index (χ0n) is 12.0. The third kappa shape index (κ3) is 2.49. The molecule has 0 bridgehead atoms. The summed E-state index contributed by atoms with van der Waals surface area (Å²) in [6, 6.07) is 6.75. The van der Waals surface area contributed by atoms with E-state index in [2.05, 4.69) is 35.3 Å². The van der Waals surface area contributed by atoms with E-state index in [1.165, 1.54) is 23.2 Å². The van der Waals surface area contributed by atoms with Gasteiger partial charge in [-0.2, -0.15) is 0 Å². The fraction of sp³-hybridized carbons (Fsp3) is 0.625. The molecule has 2 aliphatic heterocycles. The molecule has 1 saturated heterocycles. The van der Waals surface area contributed by atoms with Crippen LogP contribution in [0.2, 0.25) is 0 Å². The highest BCUT2D eigenvalue weighted by atomic mass is 16.5. The van der Waals surface area contributed by atoms with Crippen LogP contribution in [0.25, 0.3) is 0 Å². The second kappa shape index (κ2) is 5.14. The van der Waals surface area contributed by atoms with Crippen molar-refractivity contribution in [2.75, 3.05) is 31.6 Å². The van der Waals surface area contributed by atoms with Gasteiger partial charge in [-0.25, -0.2) is 0 Å². The molecule has 1 unspecified atom stereocenters. The molecule has 0 aliphatic carbocycles. The molecule has 0 aromatic heterocycles. The Hall–Kier alpha value is -1.06. The van der Waals surface area contributed by atoms with Crippen LogP contribution >= 0.6 is 0 Å². The van der Waals surface area contributed by atoms with Crippen molar-refractivity contribution in [1.29, 1.82) is 0 Å². The molecule has 0 spiro atoms. The number of benzene rings is 1. The summed E-state index contributed by atoms with van der Waals surface area (Å²) in [7, 11) is 1.84. The largest absolute Gasteiger partial charge is 0.377 e. The molecule has 3 nitrogen and oxygen atoms in total. The summed E-state index contributed by atoms with van der Waals surface area (Å²) in [5.41, 5.74) is 4.42. The Kier molecular flexibility index (Phi) is 3.50. The summed E-state index contributed by atoms with van der Waals surface area (Å²) in [4.78, 5) is 2.51. The van der Waals surface area contributed by atoms with E-state index in [0.717, 1.165) is 39.0 Å². The molecule has 2 heterocycles. The van der Waals surface area contributed by atoms with Gasteiger partial charge in [-0.15, -0.1) is 0 Å². The van der Waals surface area contributed by atoms with Crippen molar-refractivity contribution in [2.45, 2.75) is 38.3 Å². The lowest BCUT2D eigenvalue weighted by atomic mass is 9.92. The number of anilines is 1. The maximum absolute atomic E-state index is 5.72. The van der Waals surface area contributed by atoms with Gasteiger partial charge in [-0.1, -0.05) is 12.1 Å². The van der Waals surface area contributed by atoms with Crippen molar-refractivity contribution >= 4 is 5.69 Å². The highest BCUT2D eigenvalue weighted by Crippen LogP contribution is 2.32. The fourth-order valence-electron chi connectivity index (χ4n) is 3.37. The smallest absolute Gasteiger partial charge is 0.0825 e. The minimum atomic E-state index is 0.00305. The van der Waals surface area contributed by atoms with Gasteiger partial charge < -0.3 is 15.0 Å². The minimum absolute atomic E-state index is 0.00305. The number of piperidine rings is 1. The van der Waals surface area contributed by atoms with Gasteiger partial charge in [0.15, 0.2) is 0 Å². The van der Waals surface area contributed by atoms with Crippen LogP contribution in [0, 0.1) is 0 Å². The first-order valence-electron chi connectivity index (χ1n) is 7.33. The molecule has 2 aliphatic rings. The number of ether oxygens (including phenoxy) is 1. The number of nitrogens with one attached hydrogen (secondary N) is 1. The van der Waals surface area contributed by atoms with Crippen LogP contribution in [0.4, 0.5) is 5.69 Å². The van der Waals surface area contributed by atoms with Gasteiger partial charge in [-0.3, -0.25) is 0 Å². The van der Waals surface area contributed by atoms with Gasteiger partial charge in [0.25, 0.3) is 0 Å². The third-order valence-electron chi connectivity index (χ3n) is 4.61. The Bertz CT molecular complexity index is 460. The average molecular weight is 260 g/mol. The highest BCUT2D eigenvalue weighted by Gasteiger charge is 2.32. The molecule has 1 atom stereocenters. The SMILES string of the molecule is COC1(C)CCCN(c2cccc3c2CNCC3)C1. The molecular weight excluding hydrogens is 236 g/mol. The zero-order chi connectivity index (χ0) is 13.3. The normalized spacial score (nSPS) is 27.2. The number of methoxy groups -OCH3 is 1. The van der Waals surface area contributed by atoms with Crippen molar-refractivity contribution in [1.82, 2.24) is 5.32 Å². The molecule has 1 aromatic rings. The predicted octanol–water partition coefficient (Wildman–Crippen LogP) is 2.34. The van der Waals surface area contributed by atoms with E-state index in [0.29, 0.717) is 0 Å². The van der Waals surface area contributed by atoms with Crippen molar-refractivity contribution in [3.05, 3.63) is 29.3 Å². The Morgan fingerprint density at radius 2 is 2.26 bits per heavy atom. The highest BCUT2D eigenvalue weighted by molar-refractivity contribution is 5.58. The van der Waals surface area contributed by atoms with Crippen LogP contribution in [0.5, 0.6) is 0 Å². The van der Waals surface area contributed by atoms with Crippen LogP contribution in [-0.2, 0) is 17.7 Å². The van der Waals surface area contributed by atoms with Crippen LogP contribution in [0.1, 0.15) is 30.9 Å². The zero-order valence-corrected chi connectivity index (χ0v) is 12.0. The minimum Gasteiger partial charge on any atom is -0.377 e. The van der Waals surface area contributed by atoms with Gasteiger partial charge in [0, 0.05) is 32.4 Å². The molecule has 0 saturated carbocycles. The summed E-state index contributed by atoms with van der Waals surface area (Å²) in [5.74, 6) is 0. The van der Waals surface area contributed by atoms with Gasteiger partial charge in [0.2, 0.25) is 0 Å². The van der Waals surface area contributed by atoms with Gasteiger partial charge in [-0.05, 0) is 49.9 Å². The Labute approximate surface area is 115 Å². The molecule has 1 N–H and O–H groups in total. The molecule has 0 amide bonds. The molecule has 3 heteroatoms. The Morgan fingerprint density at radius 3 is 3.11 bits per heavy atom. The van der Waals surface area contributed by atoms with Crippen LogP contribution < -0.4 is 10.2 Å². The van der Waals surface area contributed by atoms with Gasteiger partial charge in [0.1, 0.15) is 0 Å². The van der Waals surface area contributed by atoms with E-state index in [4.69, 9.17) is 4.74 Å². The van der Waals surface area contributed by atoms with Gasteiger partial charge in [0.05, 0.1) is 5.60 Å². The first-order valence-corrected chi connectivity index (χ1v) is 7.33. The first kappa shape index (κ1) is 12.9. The lowest BCUT2D eigenvalue weighted by molar-refractivity contribution is -0.00469. The topological polar surface area (TPSA) is 24.5 Å². The van der Waals surface area contributed by atoms with Crippen molar-refractivity contribution in [3.63, 3.8) is 0 Å². The van der Waals surface area contributed by atoms with Gasteiger partial charge >= 0.3 is 0 Å². The molecule has 104 valence electrons. The fourth-order valence-corrected chi connectivity index (χ4v) is 3.37. The van der Waals surface area contributed by atoms with Crippen LogP contribution in [0.15, 0.2) is 18.2 Å². The monoisotopic (exact) mass is 260 g/mol. The van der Waals surface area contributed by atoms with Crippen molar-refractivity contribution < 1.29 is 4.74 Å². The van der Waals surface area contributed by atoms with E-state index in [-0.39, 0.29) is 5.60 Å². The molecule has 1 aromatic carbocycles. The maximum Gasteiger partial charge on any atom is 0.0825 e. The molecular formula is C16H24N2O. The standard InChI is InChI=1S/C16H24N2O/c1-16(19-2)8-4-10-18(12-16)15-6-3-5-13-7-9-17-11-14(13)15/h3,5-6,17H,4,7-12H2,1-2H3. The van der Waals surface area contributed by atoms with E-state index < -0.39 is 0 Å². The molecule has 1 fully saturated rings. The lowest BCUT2D eigenvalue weighted by Gasteiger charge is -2.42. The maximum atomic E-state index is 5.72. The third-order valence-corrected chi connectivity index (χ3v) is 4.61. The lowest BCUT2D eigenvalue weighted by Crippen LogP contribution is -2.48. The predicted molar refractivity (Wildman–Crippen MR) is 78.7 cm³/mol. The average Bonchev–Trinajstić information content (AvgIpc) is 2.47. The van der Waals surface area contributed by atoms with E-state index in [9.17, 15) is 0 Å². The summed E-state index contributed by atoms with van der Waals surface area (Å²) >= 11 is 0. The van der Waals surface area contributed by atoms with E-state index in [1.807, 2.05) is 7.11 Å². The van der Waals surface area contributed by atoms with Crippen LogP contribution in [0.3, 0.4) is 0 Å². The van der Waals surface area contributed by atoms with Crippen molar-refractivity contribution in [2.24, 2.45) is 0 Å². The summed E-state index contributed by atoms with van der Waals surface area (Å²) in [5, 5.41) is 3.50. The summed E-state index contributed by atoms with van der Waals surface area (Å²) < 4.78 is 5.72. The Balaban J connectivity index is 1.89. The molecule has 19 heavy (non-hydrogen) atoms. The molecule has 3 rings (SSSR count). The number of nitrogens with zero attached hydrogens (tertiary/aromatic N) is 1. The second-order valence-corrected chi connectivity index (χ2v) is 6.02. The number of hydrogen-bond donors (Lipinski definition) is 1. The number of fused-ring (bicyclic) bond motifs is 1. The molecule has 0 radical (unpaired) electrons. The van der Waals surface area contributed by atoms with E-state index >= 15 is 0 Å². The summed E-state index contributed by atoms with van der Waals surface area (Å²) in [6.45, 7) is 6.49. The number of hydrogen-bond acceptors (Lipinski definition) is 3. The van der Waals surface area contributed by atoms with E-state index in [1.54, 1.807) is 0 Å². The summed E-state index contributed by atoms with van der Waals surface area (Å²) in [6.07, 6.45) is 3.52. The second-order valence-electron chi connectivity index (χ2n) is 6.02. The quantitative estimate of drug-likeness (QED) is 0.883. The number of rotatable bonds is 2.